The molecule has 1 aromatic carbocycles. The number of benzene rings is 1. The largest absolute Gasteiger partial charge is 0.488 e. The maximum absolute atomic E-state index is 12.4. The number of hydrogen-bond donors (Lipinski definition) is 2. The highest BCUT2D eigenvalue weighted by atomic mass is 16.5. The Bertz CT molecular complexity index is 724. The molecule has 0 fully saturated rings. The molecular formula is C19H23N3O3. The minimum Gasteiger partial charge on any atom is -0.488 e. The standard InChI is InChI=1S/C19H23N3O3/c1-19(2,3)22-17(23)12-21-18(24)15-6-4-5-7-16(15)25-13-14-8-10-20-11-9-14/h4-11H,12-13H2,1-3H3,(H,21,24)(H,22,23). The highest BCUT2D eigenvalue weighted by Gasteiger charge is 2.16. The highest BCUT2D eigenvalue weighted by Crippen LogP contribution is 2.19. The van der Waals surface area contributed by atoms with Crippen LogP contribution in [0.25, 0.3) is 0 Å². The minimum absolute atomic E-state index is 0.0885. The summed E-state index contributed by atoms with van der Waals surface area (Å²) in [6.45, 7) is 5.89. The first-order valence-corrected chi connectivity index (χ1v) is 8.05. The quantitative estimate of drug-likeness (QED) is 0.845. The number of amides is 2. The maximum Gasteiger partial charge on any atom is 0.255 e. The van der Waals surface area contributed by atoms with Crippen molar-refractivity contribution < 1.29 is 14.3 Å². The molecule has 2 N–H and O–H groups in total. The van der Waals surface area contributed by atoms with E-state index in [1.807, 2.05) is 32.9 Å². The summed E-state index contributed by atoms with van der Waals surface area (Å²) in [5, 5.41) is 5.42. The van der Waals surface area contributed by atoms with Crippen LogP contribution in [0.4, 0.5) is 0 Å². The second-order valence-electron chi connectivity index (χ2n) is 6.62. The molecule has 0 bridgehead atoms. The molecule has 2 amide bonds. The van der Waals surface area contributed by atoms with Crippen molar-refractivity contribution in [2.75, 3.05) is 6.54 Å². The molecule has 6 heteroatoms. The maximum atomic E-state index is 12.4. The van der Waals surface area contributed by atoms with Gasteiger partial charge in [-0.2, -0.15) is 0 Å². The van der Waals surface area contributed by atoms with Gasteiger partial charge in [-0.05, 0) is 50.6 Å². The lowest BCUT2D eigenvalue weighted by atomic mass is 10.1. The van der Waals surface area contributed by atoms with E-state index in [-0.39, 0.29) is 23.9 Å². The molecule has 6 nitrogen and oxygen atoms in total. The van der Waals surface area contributed by atoms with Crippen molar-refractivity contribution in [1.82, 2.24) is 15.6 Å². The lowest BCUT2D eigenvalue weighted by Crippen LogP contribution is -2.45. The topological polar surface area (TPSA) is 80.3 Å². The van der Waals surface area contributed by atoms with Gasteiger partial charge in [0.1, 0.15) is 12.4 Å². The Labute approximate surface area is 147 Å². The fourth-order valence-corrected chi connectivity index (χ4v) is 2.14. The number of carbonyl (C=O) groups is 2. The SMILES string of the molecule is CC(C)(C)NC(=O)CNC(=O)c1ccccc1OCc1ccncc1. The predicted molar refractivity (Wildman–Crippen MR) is 95.2 cm³/mol. The van der Waals surface area contributed by atoms with E-state index < -0.39 is 0 Å². The van der Waals surface area contributed by atoms with Crippen LogP contribution in [0.2, 0.25) is 0 Å². The average molecular weight is 341 g/mol. The molecule has 0 atom stereocenters. The van der Waals surface area contributed by atoms with Crippen LogP contribution < -0.4 is 15.4 Å². The summed E-state index contributed by atoms with van der Waals surface area (Å²) in [5.74, 6) is -0.126. The van der Waals surface area contributed by atoms with Crippen LogP contribution in [-0.4, -0.2) is 28.9 Å². The molecule has 2 rings (SSSR count). The number of rotatable bonds is 6. The van der Waals surface area contributed by atoms with Gasteiger partial charge in [-0.15, -0.1) is 0 Å². The summed E-state index contributed by atoms with van der Waals surface area (Å²) in [6, 6.07) is 10.6. The van der Waals surface area contributed by atoms with Crippen LogP contribution in [-0.2, 0) is 11.4 Å². The predicted octanol–water partition coefficient (Wildman–Crippen LogP) is 2.31. The van der Waals surface area contributed by atoms with Gasteiger partial charge in [0.25, 0.3) is 5.91 Å². The van der Waals surface area contributed by atoms with Crippen molar-refractivity contribution in [3.63, 3.8) is 0 Å². The molecular weight excluding hydrogens is 318 g/mol. The van der Waals surface area contributed by atoms with Gasteiger partial charge in [0, 0.05) is 17.9 Å². The molecule has 132 valence electrons. The second-order valence-corrected chi connectivity index (χ2v) is 6.62. The zero-order valence-electron chi connectivity index (χ0n) is 14.7. The summed E-state index contributed by atoms with van der Waals surface area (Å²) < 4.78 is 5.74. The fraction of sp³-hybridized carbons (Fsp3) is 0.316. The third kappa shape index (κ3) is 6.25. The van der Waals surface area contributed by atoms with Crippen molar-refractivity contribution in [2.45, 2.75) is 32.9 Å². The molecule has 1 heterocycles. The van der Waals surface area contributed by atoms with Gasteiger partial charge in [-0.1, -0.05) is 12.1 Å². The number of aromatic nitrogens is 1. The van der Waals surface area contributed by atoms with E-state index in [2.05, 4.69) is 15.6 Å². The fourth-order valence-electron chi connectivity index (χ4n) is 2.14. The van der Waals surface area contributed by atoms with Gasteiger partial charge < -0.3 is 15.4 Å². The van der Waals surface area contributed by atoms with Crippen molar-refractivity contribution >= 4 is 11.8 Å². The van der Waals surface area contributed by atoms with E-state index in [9.17, 15) is 9.59 Å². The minimum atomic E-state index is -0.352. The van der Waals surface area contributed by atoms with E-state index in [1.165, 1.54) is 0 Å². The van der Waals surface area contributed by atoms with Gasteiger partial charge >= 0.3 is 0 Å². The summed E-state index contributed by atoms with van der Waals surface area (Å²) >= 11 is 0. The number of para-hydroxylation sites is 1. The van der Waals surface area contributed by atoms with Crippen molar-refractivity contribution in [3.05, 3.63) is 59.9 Å². The van der Waals surface area contributed by atoms with Crippen molar-refractivity contribution in [1.29, 1.82) is 0 Å². The molecule has 0 radical (unpaired) electrons. The number of nitrogens with zero attached hydrogens (tertiary/aromatic N) is 1. The molecule has 0 unspecified atom stereocenters. The monoisotopic (exact) mass is 341 g/mol. The molecule has 0 spiro atoms. The number of pyridine rings is 1. The normalized spacial score (nSPS) is 10.8. The zero-order chi connectivity index (χ0) is 18.3. The van der Waals surface area contributed by atoms with Gasteiger partial charge in [0.2, 0.25) is 5.91 Å². The van der Waals surface area contributed by atoms with Gasteiger partial charge in [-0.3, -0.25) is 14.6 Å². The number of ether oxygens (including phenoxy) is 1. The Morgan fingerprint density at radius 2 is 1.76 bits per heavy atom. The summed E-state index contributed by atoms with van der Waals surface area (Å²) in [7, 11) is 0. The number of hydrogen-bond acceptors (Lipinski definition) is 4. The molecule has 0 aliphatic heterocycles. The van der Waals surface area contributed by atoms with E-state index in [4.69, 9.17) is 4.74 Å². The first kappa shape index (κ1) is 18.4. The van der Waals surface area contributed by atoms with Crippen LogP contribution in [0.3, 0.4) is 0 Å². The Kier molecular flexibility index (Phi) is 6.11. The first-order chi connectivity index (χ1) is 11.8. The van der Waals surface area contributed by atoms with Crippen LogP contribution in [0.15, 0.2) is 48.8 Å². The molecule has 1 aromatic heterocycles. The van der Waals surface area contributed by atoms with Crippen molar-refractivity contribution in [3.8, 4) is 5.75 Å². The molecule has 25 heavy (non-hydrogen) atoms. The third-order valence-electron chi connectivity index (χ3n) is 3.20. The van der Waals surface area contributed by atoms with Gasteiger partial charge in [0.05, 0.1) is 12.1 Å². The molecule has 2 aromatic rings. The van der Waals surface area contributed by atoms with E-state index in [0.29, 0.717) is 17.9 Å². The van der Waals surface area contributed by atoms with Crippen LogP contribution >= 0.6 is 0 Å². The summed E-state index contributed by atoms with van der Waals surface area (Å²) in [5.41, 5.74) is 1.00. The first-order valence-electron chi connectivity index (χ1n) is 8.05. The van der Waals surface area contributed by atoms with Crippen molar-refractivity contribution in [2.24, 2.45) is 0 Å². The van der Waals surface area contributed by atoms with Crippen LogP contribution in [0.1, 0.15) is 36.7 Å². The molecule has 0 aliphatic rings. The lowest BCUT2D eigenvalue weighted by molar-refractivity contribution is -0.121. The lowest BCUT2D eigenvalue weighted by Gasteiger charge is -2.20. The average Bonchev–Trinajstić information content (AvgIpc) is 2.57. The highest BCUT2D eigenvalue weighted by molar-refractivity contribution is 5.98. The number of nitrogens with one attached hydrogen (secondary N) is 2. The smallest absolute Gasteiger partial charge is 0.255 e. The zero-order valence-corrected chi connectivity index (χ0v) is 14.7. The Balaban J connectivity index is 1.97. The summed E-state index contributed by atoms with van der Waals surface area (Å²) in [6.07, 6.45) is 3.37. The Morgan fingerprint density at radius 1 is 1.08 bits per heavy atom. The van der Waals surface area contributed by atoms with Gasteiger partial charge in [0.15, 0.2) is 0 Å². The number of carbonyl (C=O) groups excluding carboxylic acids is 2. The third-order valence-corrected chi connectivity index (χ3v) is 3.20. The van der Waals surface area contributed by atoms with E-state index >= 15 is 0 Å². The molecule has 0 saturated carbocycles. The van der Waals surface area contributed by atoms with E-state index in [1.54, 1.807) is 36.7 Å². The summed E-state index contributed by atoms with van der Waals surface area (Å²) in [4.78, 5) is 28.1. The molecule has 0 aliphatic carbocycles. The molecule has 0 saturated heterocycles. The second kappa shape index (κ2) is 8.28. The van der Waals surface area contributed by atoms with Crippen LogP contribution in [0.5, 0.6) is 5.75 Å². The van der Waals surface area contributed by atoms with E-state index in [0.717, 1.165) is 5.56 Å². The van der Waals surface area contributed by atoms with Gasteiger partial charge in [-0.25, -0.2) is 0 Å². The Morgan fingerprint density at radius 3 is 2.44 bits per heavy atom. The Hall–Kier alpha value is -2.89. The van der Waals surface area contributed by atoms with Crippen LogP contribution in [0, 0.1) is 0 Å².